The van der Waals surface area contributed by atoms with Gasteiger partial charge in [0.25, 0.3) is 0 Å². The highest BCUT2D eigenvalue weighted by Gasteiger charge is 2.30. The van der Waals surface area contributed by atoms with Crippen molar-refractivity contribution in [2.24, 2.45) is 11.7 Å². The highest BCUT2D eigenvalue weighted by molar-refractivity contribution is 9.10. The van der Waals surface area contributed by atoms with Gasteiger partial charge in [-0.2, -0.15) is 0 Å². The van der Waals surface area contributed by atoms with Gasteiger partial charge in [-0.15, -0.1) is 12.4 Å². The number of rotatable bonds is 4. The third kappa shape index (κ3) is 3.41. The summed E-state index contributed by atoms with van der Waals surface area (Å²) >= 11 is 3.54. The van der Waals surface area contributed by atoms with Gasteiger partial charge in [0.1, 0.15) is 12.4 Å². The molecule has 19 heavy (non-hydrogen) atoms. The van der Waals surface area contributed by atoms with Crippen molar-refractivity contribution in [3.8, 4) is 5.75 Å². The number of hydrogen-bond acceptors (Lipinski definition) is 4. The molecule has 0 saturated carbocycles. The van der Waals surface area contributed by atoms with E-state index in [4.69, 9.17) is 15.2 Å². The van der Waals surface area contributed by atoms with Crippen LogP contribution in [0.25, 0.3) is 0 Å². The van der Waals surface area contributed by atoms with Crippen LogP contribution in [0, 0.1) is 5.92 Å². The topological polar surface area (TPSA) is 61.5 Å². The monoisotopic (exact) mass is 349 g/mol. The molecule has 1 atom stereocenters. The van der Waals surface area contributed by atoms with Crippen LogP contribution in [0.15, 0.2) is 16.6 Å². The van der Waals surface area contributed by atoms with E-state index in [1.165, 1.54) is 12.7 Å². The van der Waals surface area contributed by atoms with E-state index in [-0.39, 0.29) is 24.3 Å². The Morgan fingerprint density at radius 1 is 1.47 bits per heavy atom. The number of carbonyl (C=O) groups excluding carboxylic acids is 1. The number of hydrogen-bond donors (Lipinski definition) is 1. The van der Waals surface area contributed by atoms with E-state index < -0.39 is 0 Å². The summed E-state index contributed by atoms with van der Waals surface area (Å²) in [5, 5.41) is 0. The maximum absolute atomic E-state index is 11.6. The molecule has 106 valence electrons. The Morgan fingerprint density at radius 3 is 2.84 bits per heavy atom. The van der Waals surface area contributed by atoms with Crippen LogP contribution in [0.3, 0.4) is 0 Å². The maximum atomic E-state index is 11.6. The second-order valence-electron chi connectivity index (χ2n) is 4.28. The highest BCUT2D eigenvalue weighted by Crippen LogP contribution is 2.38. The molecule has 6 heteroatoms. The molecule has 0 radical (unpaired) electrons. The van der Waals surface area contributed by atoms with Gasteiger partial charge in [-0.3, -0.25) is 4.79 Å². The molecule has 0 heterocycles. The van der Waals surface area contributed by atoms with Crippen molar-refractivity contribution in [1.82, 2.24) is 0 Å². The second-order valence-corrected chi connectivity index (χ2v) is 5.07. The number of methoxy groups -OCH3 is 1. The molecule has 0 aromatic heterocycles. The van der Waals surface area contributed by atoms with Crippen LogP contribution in [0.2, 0.25) is 0 Å². The fourth-order valence-corrected chi connectivity index (χ4v) is 2.91. The Hall–Kier alpha value is -0.780. The number of benzene rings is 1. The van der Waals surface area contributed by atoms with Gasteiger partial charge in [0, 0.05) is 6.54 Å². The smallest absolute Gasteiger partial charge is 0.309 e. The Labute approximate surface area is 127 Å². The van der Waals surface area contributed by atoms with Crippen LogP contribution in [-0.2, 0) is 22.4 Å². The number of ether oxygens (including phenoxy) is 2. The molecule has 1 aliphatic rings. The minimum absolute atomic E-state index is 0. The van der Waals surface area contributed by atoms with Crippen molar-refractivity contribution in [2.45, 2.75) is 12.8 Å². The molecular formula is C13H17BrClNO3. The number of nitrogens with two attached hydrogens (primary N) is 1. The molecule has 0 saturated heterocycles. The number of esters is 1. The van der Waals surface area contributed by atoms with E-state index in [1.54, 1.807) is 0 Å². The zero-order chi connectivity index (χ0) is 13.1. The first-order valence-corrected chi connectivity index (χ1v) is 6.67. The minimum Gasteiger partial charge on any atom is -0.491 e. The summed E-state index contributed by atoms with van der Waals surface area (Å²) in [6.07, 6.45) is 1.43. The van der Waals surface area contributed by atoms with Gasteiger partial charge >= 0.3 is 5.97 Å². The Bertz CT molecular complexity index is 467. The first-order valence-electron chi connectivity index (χ1n) is 5.88. The molecule has 2 N–H and O–H groups in total. The number of fused-ring (bicyclic) bond motifs is 1. The molecule has 1 aliphatic carbocycles. The van der Waals surface area contributed by atoms with Gasteiger partial charge < -0.3 is 15.2 Å². The van der Waals surface area contributed by atoms with Crippen LogP contribution < -0.4 is 10.5 Å². The molecular weight excluding hydrogens is 334 g/mol. The standard InChI is InChI=1S/C13H16BrNO3.ClH/c1-17-13(16)9-6-8-2-3-11(18-5-4-15)12(14)10(8)7-9;/h2-3,9H,4-7,15H2,1H3;1H. The highest BCUT2D eigenvalue weighted by atomic mass is 79.9. The molecule has 1 unspecified atom stereocenters. The van der Waals surface area contributed by atoms with Crippen molar-refractivity contribution in [1.29, 1.82) is 0 Å². The lowest BCUT2D eigenvalue weighted by Crippen LogP contribution is -2.16. The summed E-state index contributed by atoms with van der Waals surface area (Å²) in [5.41, 5.74) is 7.73. The van der Waals surface area contributed by atoms with Crippen LogP contribution in [0.1, 0.15) is 11.1 Å². The van der Waals surface area contributed by atoms with Crippen LogP contribution >= 0.6 is 28.3 Å². The second kappa shape index (κ2) is 7.12. The summed E-state index contributed by atoms with van der Waals surface area (Å²) in [7, 11) is 1.43. The van der Waals surface area contributed by atoms with Crippen molar-refractivity contribution in [3.05, 3.63) is 27.7 Å². The molecule has 0 fully saturated rings. The predicted octanol–water partition coefficient (Wildman–Crippen LogP) is 2.10. The average Bonchev–Trinajstić information content (AvgIpc) is 2.82. The van der Waals surface area contributed by atoms with Crippen LogP contribution in [0.4, 0.5) is 0 Å². The first-order chi connectivity index (χ1) is 8.67. The van der Waals surface area contributed by atoms with Crippen molar-refractivity contribution in [2.75, 3.05) is 20.3 Å². The lowest BCUT2D eigenvalue weighted by atomic mass is 10.1. The lowest BCUT2D eigenvalue weighted by molar-refractivity contribution is -0.145. The summed E-state index contributed by atoms with van der Waals surface area (Å²) < 4.78 is 11.3. The normalized spacial score (nSPS) is 16.5. The van der Waals surface area contributed by atoms with Crippen molar-refractivity contribution < 1.29 is 14.3 Å². The minimum atomic E-state index is -0.150. The molecule has 2 rings (SSSR count). The van der Waals surface area contributed by atoms with Gasteiger partial charge in [-0.1, -0.05) is 6.07 Å². The fourth-order valence-electron chi connectivity index (χ4n) is 2.25. The summed E-state index contributed by atoms with van der Waals surface area (Å²) in [4.78, 5) is 11.6. The Balaban J connectivity index is 0.00000180. The van der Waals surface area contributed by atoms with E-state index in [2.05, 4.69) is 15.9 Å². The van der Waals surface area contributed by atoms with E-state index in [1.807, 2.05) is 12.1 Å². The van der Waals surface area contributed by atoms with E-state index in [9.17, 15) is 4.79 Å². The zero-order valence-electron chi connectivity index (χ0n) is 10.6. The van der Waals surface area contributed by atoms with Gasteiger partial charge in [0.2, 0.25) is 0 Å². The fraction of sp³-hybridized carbons (Fsp3) is 0.462. The van der Waals surface area contributed by atoms with E-state index in [0.29, 0.717) is 19.6 Å². The lowest BCUT2D eigenvalue weighted by Gasteiger charge is -2.10. The van der Waals surface area contributed by atoms with Gasteiger partial charge in [-0.25, -0.2) is 0 Å². The first kappa shape index (κ1) is 16.3. The number of carbonyl (C=O) groups is 1. The largest absolute Gasteiger partial charge is 0.491 e. The SMILES string of the molecule is COC(=O)C1Cc2ccc(OCCN)c(Br)c2C1.Cl. The molecule has 1 aromatic rings. The van der Waals surface area contributed by atoms with Crippen LogP contribution in [-0.4, -0.2) is 26.2 Å². The van der Waals surface area contributed by atoms with Gasteiger partial charge in [0.05, 0.1) is 17.5 Å². The third-order valence-corrected chi connectivity index (χ3v) is 4.00. The maximum Gasteiger partial charge on any atom is 0.309 e. The zero-order valence-corrected chi connectivity index (χ0v) is 13.1. The molecule has 4 nitrogen and oxygen atoms in total. The quantitative estimate of drug-likeness (QED) is 0.845. The van der Waals surface area contributed by atoms with Crippen molar-refractivity contribution in [3.63, 3.8) is 0 Å². The third-order valence-electron chi connectivity index (χ3n) is 3.13. The number of halogens is 2. The van der Waals surface area contributed by atoms with Crippen molar-refractivity contribution >= 4 is 34.3 Å². The van der Waals surface area contributed by atoms with E-state index >= 15 is 0 Å². The average molecular weight is 351 g/mol. The molecule has 0 bridgehead atoms. The summed E-state index contributed by atoms with van der Waals surface area (Å²) in [6.45, 7) is 0.964. The Morgan fingerprint density at radius 2 is 2.21 bits per heavy atom. The summed E-state index contributed by atoms with van der Waals surface area (Å²) in [6, 6.07) is 3.92. The molecule has 0 amide bonds. The molecule has 0 spiro atoms. The van der Waals surface area contributed by atoms with Gasteiger partial charge in [-0.05, 0) is 46.0 Å². The molecule has 0 aliphatic heterocycles. The van der Waals surface area contributed by atoms with Gasteiger partial charge in [0.15, 0.2) is 0 Å². The molecule has 1 aromatic carbocycles. The predicted molar refractivity (Wildman–Crippen MR) is 78.9 cm³/mol. The van der Waals surface area contributed by atoms with Crippen LogP contribution in [0.5, 0.6) is 5.75 Å². The van der Waals surface area contributed by atoms with E-state index in [0.717, 1.165) is 22.2 Å². The Kier molecular flexibility index (Phi) is 6.10. The summed E-state index contributed by atoms with van der Waals surface area (Å²) in [5.74, 6) is 0.554.